The minimum Gasteiger partial charge on any atom is -0.497 e. The van der Waals surface area contributed by atoms with E-state index < -0.39 is 18.1 Å². The average molecular weight is 341 g/mol. The molecule has 1 aliphatic rings. The van der Waals surface area contributed by atoms with Gasteiger partial charge in [0.2, 0.25) is 5.91 Å². The van der Waals surface area contributed by atoms with Crippen molar-refractivity contribution in [1.82, 2.24) is 4.90 Å². The third-order valence-corrected chi connectivity index (χ3v) is 4.23. The first-order valence-electron chi connectivity index (χ1n) is 7.92. The molecule has 0 aliphatic carbocycles. The van der Waals surface area contributed by atoms with E-state index in [1.165, 1.54) is 0 Å². The second-order valence-corrected chi connectivity index (χ2v) is 5.80. The lowest BCUT2D eigenvalue weighted by atomic mass is 9.97. The molecule has 1 fully saturated rings. The number of carboxylic acid groups (broad SMARTS) is 1. The van der Waals surface area contributed by atoms with Crippen LogP contribution in [0.2, 0.25) is 0 Å². The van der Waals surface area contributed by atoms with Crippen molar-refractivity contribution in [3.63, 3.8) is 0 Å². The van der Waals surface area contributed by atoms with Crippen molar-refractivity contribution in [3.8, 4) is 5.75 Å². The van der Waals surface area contributed by atoms with Crippen LogP contribution in [0.3, 0.4) is 0 Å². The van der Waals surface area contributed by atoms with Crippen molar-refractivity contribution >= 4 is 11.9 Å². The highest BCUT2D eigenvalue weighted by Crippen LogP contribution is 2.32. The molecule has 2 unspecified atom stereocenters. The third kappa shape index (κ3) is 3.64. The Kier molecular flexibility index (Phi) is 5.00. The molecule has 3 rings (SSSR count). The minimum absolute atomic E-state index is 0.234. The molecule has 0 radical (unpaired) electrons. The van der Waals surface area contributed by atoms with Gasteiger partial charge in [-0.25, -0.2) is 4.79 Å². The third-order valence-electron chi connectivity index (χ3n) is 4.23. The Morgan fingerprint density at radius 1 is 1.20 bits per heavy atom. The largest absolute Gasteiger partial charge is 0.497 e. The monoisotopic (exact) mass is 341 g/mol. The number of hydrogen-bond donors (Lipinski definition) is 1. The lowest BCUT2D eigenvalue weighted by Gasteiger charge is -2.39. The van der Waals surface area contributed by atoms with Crippen molar-refractivity contribution in [1.29, 1.82) is 0 Å². The van der Waals surface area contributed by atoms with Gasteiger partial charge < -0.3 is 19.5 Å². The Balaban J connectivity index is 1.93. The van der Waals surface area contributed by atoms with Crippen LogP contribution in [-0.4, -0.2) is 41.7 Å². The smallest absolute Gasteiger partial charge is 0.335 e. The Bertz CT molecular complexity index is 744. The number of benzene rings is 2. The van der Waals surface area contributed by atoms with Gasteiger partial charge >= 0.3 is 5.97 Å². The van der Waals surface area contributed by atoms with Gasteiger partial charge in [0.1, 0.15) is 12.4 Å². The normalized spacial score (nSPS) is 20.4. The average Bonchev–Trinajstić information content (AvgIpc) is 2.64. The molecule has 1 aliphatic heterocycles. The van der Waals surface area contributed by atoms with E-state index in [9.17, 15) is 14.7 Å². The second kappa shape index (κ2) is 7.36. The summed E-state index contributed by atoms with van der Waals surface area (Å²) in [5.74, 6) is -0.594. The van der Waals surface area contributed by atoms with Crippen LogP contribution in [0, 0.1) is 0 Å². The number of rotatable bonds is 5. The highest BCUT2D eigenvalue weighted by Gasteiger charge is 2.41. The molecule has 1 N–H and O–H groups in total. The molecular weight excluding hydrogens is 322 g/mol. The second-order valence-electron chi connectivity index (χ2n) is 5.80. The Hall–Kier alpha value is -2.86. The zero-order valence-electron chi connectivity index (χ0n) is 13.8. The molecule has 2 aromatic carbocycles. The quantitative estimate of drug-likeness (QED) is 0.903. The summed E-state index contributed by atoms with van der Waals surface area (Å²) in [7, 11) is 1.59. The number of morpholine rings is 1. The lowest BCUT2D eigenvalue weighted by molar-refractivity contribution is -0.174. The number of ether oxygens (including phenoxy) is 2. The van der Waals surface area contributed by atoms with Crippen LogP contribution < -0.4 is 4.74 Å². The van der Waals surface area contributed by atoms with Gasteiger partial charge in [0.25, 0.3) is 0 Å². The molecule has 6 nitrogen and oxygen atoms in total. The zero-order chi connectivity index (χ0) is 17.8. The Morgan fingerprint density at radius 2 is 1.88 bits per heavy atom. The first-order valence-corrected chi connectivity index (χ1v) is 7.92. The van der Waals surface area contributed by atoms with Gasteiger partial charge in [-0.2, -0.15) is 0 Å². The SMILES string of the molecule is COc1ccc(CN2C(=O)COC(C(=O)O)C2c2ccccc2)cc1. The molecule has 0 saturated carbocycles. The van der Waals surface area contributed by atoms with Crippen LogP contribution in [0.15, 0.2) is 54.6 Å². The summed E-state index contributed by atoms with van der Waals surface area (Å²) in [6.45, 7) is 0.0615. The number of carboxylic acids is 1. The number of hydrogen-bond acceptors (Lipinski definition) is 4. The lowest BCUT2D eigenvalue weighted by Crippen LogP contribution is -2.51. The number of aliphatic carboxylic acids is 1. The van der Waals surface area contributed by atoms with E-state index in [1.54, 1.807) is 12.0 Å². The van der Waals surface area contributed by atoms with E-state index in [2.05, 4.69) is 0 Å². The van der Waals surface area contributed by atoms with Gasteiger partial charge in [0.15, 0.2) is 6.10 Å². The molecule has 2 aromatic rings. The number of carbonyl (C=O) groups excluding carboxylic acids is 1. The maximum absolute atomic E-state index is 12.5. The van der Waals surface area contributed by atoms with Crippen molar-refractivity contribution in [2.24, 2.45) is 0 Å². The van der Waals surface area contributed by atoms with E-state index in [4.69, 9.17) is 9.47 Å². The highest BCUT2D eigenvalue weighted by atomic mass is 16.5. The molecule has 25 heavy (non-hydrogen) atoms. The van der Waals surface area contributed by atoms with E-state index in [0.717, 1.165) is 16.9 Å². The van der Waals surface area contributed by atoms with Gasteiger partial charge in [-0.1, -0.05) is 42.5 Å². The summed E-state index contributed by atoms with van der Waals surface area (Å²) < 4.78 is 10.5. The molecule has 1 heterocycles. The Labute approximate surface area is 145 Å². The molecular formula is C19H19NO5. The topological polar surface area (TPSA) is 76.1 Å². The summed E-state index contributed by atoms with van der Waals surface area (Å²) >= 11 is 0. The number of methoxy groups -OCH3 is 1. The van der Waals surface area contributed by atoms with E-state index in [-0.39, 0.29) is 12.5 Å². The maximum atomic E-state index is 12.5. The Morgan fingerprint density at radius 3 is 2.48 bits per heavy atom. The van der Waals surface area contributed by atoms with Gasteiger partial charge in [-0.3, -0.25) is 4.79 Å². The first kappa shape index (κ1) is 17.0. The van der Waals surface area contributed by atoms with Crippen LogP contribution in [0.5, 0.6) is 5.75 Å². The van der Waals surface area contributed by atoms with Crippen molar-refractivity contribution in [2.45, 2.75) is 18.7 Å². The van der Waals surface area contributed by atoms with Crippen molar-refractivity contribution < 1.29 is 24.2 Å². The fourth-order valence-corrected chi connectivity index (χ4v) is 2.98. The van der Waals surface area contributed by atoms with Crippen LogP contribution in [0.1, 0.15) is 17.2 Å². The van der Waals surface area contributed by atoms with Crippen LogP contribution in [-0.2, 0) is 20.9 Å². The standard InChI is InChI=1S/C19H19NO5/c1-24-15-9-7-13(8-10-15)11-20-16(21)12-25-18(19(22)23)17(20)14-5-3-2-4-6-14/h2-10,17-18H,11-12H2,1H3,(H,22,23). The fourth-order valence-electron chi connectivity index (χ4n) is 2.98. The van der Waals surface area contributed by atoms with Crippen LogP contribution in [0.25, 0.3) is 0 Å². The number of amides is 1. The van der Waals surface area contributed by atoms with E-state index in [1.807, 2.05) is 54.6 Å². The fraction of sp³-hybridized carbons (Fsp3) is 0.263. The molecule has 0 bridgehead atoms. The molecule has 0 aromatic heterocycles. The summed E-state index contributed by atoms with van der Waals surface area (Å²) in [5, 5.41) is 9.53. The van der Waals surface area contributed by atoms with Crippen molar-refractivity contribution in [3.05, 3.63) is 65.7 Å². The van der Waals surface area contributed by atoms with Crippen molar-refractivity contribution in [2.75, 3.05) is 13.7 Å². The van der Waals surface area contributed by atoms with E-state index in [0.29, 0.717) is 6.54 Å². The molecule has 0 spiro atoms. The predicted molar refractivity (Wildman–Crippen MR) is 90.1 cm³/mol. The zero-order valence-corrected chi connectivity index (χ0v) is 13.8. The summed E-state index contributed by atoms with van der Waals surface area (Å²) in [6.07, 6.45) is -1.10. The molecule has 1 saturated heterocycles. The van der Waals surface area contributed by atoms with Gasteiger partial charge in [-0.15, -0.1) is 0 Å². The highest BCUT2D eigenvalue weighted by molar-refractivity contribution is 5.83. The minimum atomic E-state index is -1.10. The van der Waals surface area contributed by atoms with Gasteiger partial charge in [0, 0.05) is 6.54 Å². The first-order chi connectivity index (χ1) is 12.1. The maximum Gasteiger partial charge on any atom is 0.335 e. The van der Waals surface area contributed by atoms with Crippen LogP contribution in [0.4, 0.5) is 0 Å². The number of nitrogens with zero attached hydrogens (tertiary/aromatic N) is 1. The summed E-state index contributed by atoms with van der Waals surface area (Å²) in [5.41, 5.74) is 1.62. The summed E-state index contributed by atoms with van der Waals surface area (Å²) in [6, 6.07) is 15.8. The molecule has 6 heteroatoms. The molecule has 2 atom stereocenters. The summed E-state index contributed by atoms with van der Waals surface area (Å²) in [4.78, 5) is 25.7. The molecule has 130 valence electrons. The van der Waals surface area contributed by atoms with E-state index >= 15 is 0 Å². The molecule has 1 amide bonds. The van der Waals surface area contributed by atoms with Crippen LogP contribution >= 0.6 is 0 Å². The predicted octanol–water partition coefficient (Wildman–Crippen LogP) is 2.25. The van der Waals surface area contributed by atoms with Gasteiger partial charge in [0.05, 0.1) is 13.2 Å². The number of carbonyl (C=O) groups is 2. The van der Waals surface area contributed by atoms with Gasteiger partial charge in [-0.05, 0) is 23.3 Å².